The van der Waals surface area contributed by atoms with Crippen molar-refractivity contribution in [2.24, 2.45) is 0 Å². The van der Waals surface area contributed by atoms with E-state index in [1.807, 2.05) is 54.3 Å². The van der Waals surface area contributed by atoms with E-state index in [0.717, 1.165) is 59.2 Å². The molecule has 2 aromatic carbocycles. The maximum Gasteiger partial charge on any atom is 0.254 e. The molecule has 1 saturated heterocycles. The Balaban J connectivity index is 1.89. The summed E-state index contributed by atoms with van der Waals surface area (Å²) in [6.45, 7) is 3.75. The van der Waals surface area contributed by atoms with E-state index in [-0.39, 0.29) is 5.91 Å². The number of likely N-dealkylation sites (tertiary alicyclic amines) is 1. The Bertz CT molecular complexity index is 926. The molecular formula is C23H24N2O. The van der Waals surface area contributed by atoms with Crippen LogP contribution in [0, 0.1) is 6.92 Å². The lowest BCUT2D eigenvalue weighted by molar-refractivity contribution is 0.0763. The van der Waals surface area contributed by atoms with Crippen LogP contribution < -0.4 is 0 Å². The first-order chi connectivity index (χ1) is 12.8. The number of fused-ring (bicyclic) bond motifs is 1. The van der Waals surface area contributed by atoms with Crippen molar-refractivity contribution >= 4 is 16.8 Å². The average molecular weight is 344 g/mol. The molecule has 3 aromatic rings. The molecule has 3 nitrogen and oxygen atoms in total. The monoisotopic (exact) mass is 344 g/mol. The molecule has 2 heterocycles. The first-order valence-electron chi connectivity index (χ1n) is 9.50. The van der Waals surface area contributed by atoms with Gasteiger partial charge in [0, 0.05) is 24.0 Å². The van der Waals surface area contributed by atoms with Crippen molar-refractivity contribution in [1.29, 1.82) is 0 Å². The van der Waals surface area contributed by atoms with E-state index >= 15 is 0 Å². The average Bonchev–Trinajstić information content (AvgIpc) is 2.97. The molecule has 0 aliphatic carbocycles. The summed E-state index contributed by atoms with van der Waals surface area (Å²) in [6.07, 6.45) is 4.63. The second-order valence-corrected chi connectivity index (χ2v) is 7.05. The predicted molar refractivity (Wildman–Crippen MR) is 106 cm³/mol. The fourth-order valence-corrected chi connectivity index (χ4v) is 3.89. The summed E-state index contributed by atoms with van der Waals surface area (Å²) in [5.74, 6) is 0.153. The molecule has 0 unspecified atom stereocenters. The number of rotatable bonds is 2. The Kier molecular flexibility index (Phi) is 4.70. The van der Waals surface area contributed by atoms with E-state index in [1.165, 1.54) is 12.8 Å². The molecule has 0 spiro atoms. The third kappa shape index (κ3) is 3.10. The minimum absolute atomic E-state index is 0.153. The Morgan fingerprint density at radius 3 is 2.27 bits per heavy atom. The van der Waals surface area contributed by atoms with Crippen LogP contribution in [-0.2, 0) is 0 Å². The number of hydrogen-bond donors (Lipinski definition) is 0. The molecule has 1 aromatic heterocycles. The molecule has 0 radical (unpaired) electrons. The SMILES string of the molecule is Cc1c(-c2ccccc2)nc2ccccc2c1C(=O)N1CCCCCC1. The van der Waals surface area contributed by atoms with Crippen LogP contribution in [0.2, 0.25) is 0 Å². The van der Waals surface area contributed by atoms with Crippen molar-refractivity contribution in [2.45, 2.75) is 32.6 Å². The highest BCUT2D eigenvalue weighted by molar-refractivity contribution is 6.08. The van der Waals surface area contributed by atoms with Crippen LogP contribution in [0.15, 0.2) is 54.6 Å². The number of aromatic nitrogens is 1. The summed E-state index contributed by atoms with van der Waals surface area (Å²) in [4.78, 5) is 20.4. The summed E-state index contributed by atoms with van der Waals surface area (Å²) in [5, 5.41) is 0.957. The standard InChI is InChI=1S/C23H24N2O/c1-17-21(23(26)25-15-9-2-3-10-16-25)19-13-7-8-14-20(19)24-22(17)18-11-5-4-6-12-18/h4-8,11-14H,2-3,9-10,15-16H2,1H3. The first-order valence-corrected chi connectivity index (χ1v) is 9.50. The summed E-state index contributed by atoms with van der Waals surface area (Å²) in [5.41, 5.74) is 4.64. The van der Waals surface area contributed by atoms with E-state index in [2.05, 4.69) is 12.1 Å². The maximum absolute atomic E-state index is 13.5. The zero-order chi connectivity index (χ0) is 17.9. The lowest BCUT2D eigenvalue weighted by Gasteiger charge is -2.23. The van der Waals surface area contributed by atoms with Gasteiger partial charge in [-0.2, -0.15) is 0 Å². The molecule has 1 aliphatic rings. The maximum atomic E-state index is 13.5. The fourth-order valence-electron chi connectivity index (χ4n) is 3.89. The first kappa shape index (κ1) is 16.8. The zero-order valence-electron chi connectivity index (χ0n) is 15.2. The third-order valence-electron chi connectivity index (χ3n) is 5.29. The number of pyridine rings is 1. The van der Waals surface area contributed by atoms with E-state index in [0.29, 0.717) is 0 Å². The number of hydrogen-bond acceptors (Lipinski definition) is 2. The van der Waals surface area contributed by atoms with Crippen LogP contribution >= 0.6 is 0 Å². The fraction of sp³-hybridized carbons (Fsp3) is 0.304. The molecule has 3 heteroatoms. The number of nitrogens with zero attached hydrogens (tertiary/aromatic N) is 2. The number of amides is 1. The van der Waals surface area contributed by atoms with Gasteiger partial charge >= 0.3 is 0 Å². The van der Waals surface area contributed by atoms with Gasteiger partial charge in [-0.25, -0.2) is 4.98 Å². The van der Waals surface area contributed by atoms with Crippen molar-refractivity contribution in [3.8, 4) is 11.3 Å². The van der Waals surface area contributed by atoms with Crippen LogP contribution in [0.1, 0.15) is 41.6 Å². The highest BCUT2D eigenvalue weighted by atomic mass is 16.2. The Labute approximate surface area is 154 Å². The van der Waals surface area contributed by atoms with Gasteiger partial charge in [0.05, 0.1) is 16.8 Å². The number of carbonyl (C=O) groups excluding carboxylic acids is 1. The van der Waals surface area contributed by atoms with Gasteiger partial charge in [-0.15, -0.1) is 0 Å². The molecule has 132 valence electrons. The largest absolute Gasteiger partial charge is 0.339 e. The lowest BCUT2D eigenvalue weighted by Crippen LogP contribution is -2.32. The van der Waals surface area contributed by atoms with Gasteiger partial charge in [-0.1, -0.05) is 61.4 Å². The molecule has 1 fully saturated rings. The normalized spacial score (nSPS) is 15.0. The van der Waals surface area contributed by atoms with Crippen LogP contribution in [0.25, 0.3) is 22.2 Å². The Hall–Kier alpha value is -2.68. The van der Waals surface area contributed by atoms with Gasteiger partial charge in [0.25, 0.3) is 5.91 Å². The summed E-state index contributed by atoms with van der Waals surface area (Å²) in [6, 6.07) is 18.2. The van der Waals surface area contributed by atoms with Gasteiger partial charge in [0.2, 0.25) is 0 Å². The Morgan fingerprint density at radius 1 is 0.885 bits per heavy atom. The highest BCUT2D eigenvalue weighted by Crippen LogP contribution is 2.30. The smallest absolute Gasteiger partial charge is 0.254 e. The summed E-state index contributed by atoms with van der Waals surface area (Å²) >= 11 is 0. The van der Waals surface area contributed by atoms with Gasteiger partial charge in [0.15, 0.2) is 0 Å². The van der Waals surface area contributed by atoms with E-state index in [4.69, 9.17) is 4.98 Å². The zero-order valence-corrected chi connectivity index (χ0v) is 15.2. The van der Waals surface area contributed by atoms with Crippen LogP contribution in [0.3, 0.4) is 0 Å². The van der Waals surface area contributed by atoms with Gasteiger partial charge in [0.1, 0.15) is 0 Å². The Morgan fingerprint density at radius 2 is 1.54 bits per heavy atom. The van der Waals surface area contributed by atoms with Gasteiger partial charge in [-0.3, -0.25) is 4.79 Å². The van der Waals surface area contributed by atoms with E-state index in [1.54, 1.807) is 0 Å². The van der Waals surface area contributed by atoms with Crippen LogP contribution in [-0.4, -0.2) is 28.9 Å². The van der Waals surface area contributed by atoms with Crippen molar-refractivity contribution < 1.29 is 4.79 Å². The minimum atomic E-state index is 0.153. The molecule has 26 heavy (non-hydrogen) atoms. The second-order valence-electron chi connectivity index (χ2n) is 7.05. The second kappa shape index (κ2) is 7.28. The molecule has 1 amide bonds. The number of carbonyl (C=O) groups is 1. The molecule has 0 N–H and O–H groups in total. The lowest BCUT2D eigenvalue weighted by atomic mass is 9.96. The molecule has 4 rings (SSSR count). The van der Waals surface area contributed by atoms with Gasteiger partial charge in [-0.05, 0) is 31.4 Å². The quantitative estimate of drug-likeness (QED) is 0.638. The summed E-state index contributed by atoms with van der Waals surface area (Å²) < 4.78 is 0. The van der Waals surface area contributed by atoms with Crippen molar-refractivity contribution in [1.82, 2.24) is 9.88 Å². The predicted octanol–water partition coefficient (Wildman–Crippen LogP) is 5.23. The van der Waals surface area contributed by atoms with Crippen LogP contribution in [0.4, 0.5) is 0 Å². The van der Waals surface area contributed by atoms with Crippen molar-refractivity contribution in [3.05, 3.63) is 65.7 Å². The molecule has 0 atom stereocenters. The summed E-state index contributed by atoms with van der Waals surface area (Å²) in [7, 11) is 0. The van der Waals surface area contributed by atoms with Gasteiger partial charge < -0.3 is 4.90 Å². The van der Waals surface area contributed by atoms with Crippen LogP contribution in [0.5, 0.6) is 0 Å². The number of para-hydroxylation sites is 1. The topological polar surface area (TPSA) is 33.2 Å². The highest BCUT2D eigenvalue weighted by Gasteiger charge is 2.23. The third-order valence-corrected chi connectivity index (χ3v) is 5.29. The van der Waals surface area contributed by atoms with Crippen molar-refractivity contribution in [3.63, 3.8) is 0 Å². The minimum Gasteiger partial charge on any atom is -0.339 e. The van der Waals surface area contributed by atoms with Crippen molar-refractivity contribution in [2.75, 3.05) is 13.1 Å². The molecule has 1 aliphatic heterocycles. The molecule has 0 bridgehead atoms. The molecule has 0 saturated carbocycles. The van der Waals surface area contributed by atoms with E-state index < -0.39 is 0 Å². The number of benzene rings is 2. The molecular weight excluding hydrogens is 320 g/mol. The van der Waals surface area contributed by atoms with E-state index in [9.17, 15) is 4.79 Å².